The minimum atomic E-state index is -0.791. The predicted octanol–water partition coefficient (Wildman–Crippen LogP) is 3.40. The zero-order chi connectivity index (χ0) is 12.8. The molecule has 0 aromatic heterocycles. The van der Waals surface area contributed by atoms with E-state index in [0.717, 1.165) is 5.75 Å². The van der Waals surface area contributed by atoms with Crippen LogP contribution in [0.2, 0.25) is 0 Å². The molecule has 1 aromatic carbocycles. The van der Waals surface area contributed by atoms with E-state index in [2.05, 4.69) is 13.8 Å². The van der Waals surface area contributed by atoms with E-state index in [-0.39, 0.29) is 0 Å². The molecule has 0 bridgehead atoms. The highest BCUT2D eigenvalue weighted by Crippen LogP contribution is 2.22. The molecule has 1 aromatic rings. The molecule has 4 heteroatoms. The van der Waals surface area contributed by atoms with Gasteiger partial charge in [-0.25, -0.2) is 4.39 Å². The average Bonchev–Trinajstić information content (AvgIpc) is 2.23. The van der Waals surface area contributed by atoms with Gasteiger partial charge in [-0.2, -0.15) is 11.8 Å². The lowest BCUT2D eigenvalue weighted by atomic mass is 10.1. The van der Waals surface area contributed by atoms with Gasteiger partial charge in [0.2, 0.25) is 0 Å². The predicted molar refractivity (Wildman–Crippen MR) is 70.1 cm³/mol. The summed E-state index contributed by atoms with van der Waals surface area (Å²) in [6.07, 6.45) is -0.791. The van der Waals surface area contributed by atoms with Gasteiger partial charge in [0.15, 0.2) is 0 Å². The maximum Gasteiger partial charge on any atom is 0.132 e. The lowest BCUT2D eigenvalue weighted by Gasteiger charge is -2.10. The molecule has 0 heterocycles. The van der Waals surface area contributed by atoms with Crippen LogP contribution in [0.3, 0.4) is 0 Å². The van der Waals surface area contributed by atoms with Crippen LogP contribution >= 0.6 is 11.8 Å². The van der Waals surface area contributed by atoms with E-state index in [1.54, 1.807) is 23.9 Å². The molecular formula is C13H19FO2S. The monoisotopic (exact) mass is 258 g/mol. The number of hydrogen-bond donors (Lipinski definition) is 1. The van der Waals surface area contributed by atoms with Crippen LogP contribution in [0.25, 0.3) is 0 Å². The van der Waals surface area contributed by atoms with Crippen LogP contribution in [0.5, 0.6) is 5.75 Å². The van der Waals surface area contributed by atoms with E-state index in [0.29, 0.717) is 23.2 Å². The highest BCUT2D eigenvalue weighted by Gasteiger charge is 2.08. The summed E-state index contributed by atoms with van der Waals surface area (Å²) in [5, 5.41) is 9.86. The van der Waals surface area contributed by atoms with E-state index >= 15 is 0 Å². The van der Waals surface area contributed by atoms with Gasteiger partial charge in [0.25, 0.3) is 0 Å². The molecule has 1 atom stereocenters. The minimum Gasteiger partial charge on any atom is -0.493 e. The van der Waals surface area contributed by atoms with Gasteiger partial charge >= 0.3 is 0 Å². The van der Waals surface area contributed by atoms with Gasteiger partial charge in [0, 0.05) is 17.4 Å². The topological polar surface area (TPSA) is 29.5 Å². The first-order valence-electron chi connectivity index (χ1n) is 5.72. The molecule has 2 nitrogen and oxygen atoms in total. The second kappa shape index (κ2) is 6.87. The van der Waals surface area contributed by atoms with Crippen molar-refractivity contribution in [3.8, 4) is 5.75 Å². The highest BCUT2D eigenvalue weighted by atomic mass is 32.2. The summed E-state index contributed by atoms with van der Waals surface area (Å²) in [4.78, 5) is 0. The number of benzene rings is 1. The number of aliphatic hydroxyl groups is 1. The van der Waals surface area contributed by atoms with Crippen molar-refractivity contribution >= 4 is 11.8 Å². The maximum absolute atomic E-state index is 13.5. The molecule has 1 rings (SSSR count). The number of ether oxygens (including phenoxy) is 1. The molecule has 0 aliphatic carbocycles. The van der Waals surface area contributed by atoms with Crippen LogP contribution in [0.4, 0.5) is 4.39 Å². The van der Waals surface area contributed by atoms with Gasteiger partial charge in [-0.3, -0.25) is 0 Å². The fourth-order valence-corrected chi connectivity index (χ4v) is 2.03. The zero-order valence-corrected chi connectivity index (χ0v) is 11.3. The van der Waals surface area contributed by atoms with Crippen molar-refractivity contribution in [3.63, 3.8) is 0 Å². The largest absolute Gasteiger partial charge is 0.493 e. The number of hydrogen-bond acceptors (Lipinski definition) is 3. The molecule has 0 unspecified atom stereocenters. The summed E-state index contributed by atoms with van der Waals surface area (Å²) >= 11 is 1.80. The maximum atomic E-state index is 13.5. The highest BCUT2D eigenvalue weighted by molar-refractivity contribution is 7.99. The van der Waals surface area contributed by atoms with Crippen molar-refractivity contribution in [2.24, 2.45) is 0 Å². The summed E-state index contributed by atoms with van der Waals surface area (Å²) in [6.45, 7) is 6.36. The van der Waals surface area contributed by atoms with E-state index in [1.807, 2.05) is 0 Å². The quantitative estimate of drug-likeness (QED) is 0.793. The van der Waals surface area contributed by atoms with E-state index in [1.165, 1.54) is 13.0 Å². The van der Waals surface area contributed by atoms with Crippen molar-refractivity contribution in [3.05, 3.63) is 29.6 Å². The van der Waals surface area contributed by atoms with Crippen LogP contribution in [0.1, 0.15) is 32.4 Å². The van der Waals surface area contributed by atoms with Crippen molar-refractivity contribution in [1.29, 1.82) is 0 Å². The lowest BCUT2D eigenvalue weighted by Crippen LogP contribution is -2.04. The Balaban J connectivity index is 2.47. The van der Waals surface area contributed by atoms with Crippen LogP contribution in [0, 0.1) is 5.82 Å². The molecule has 0 saturated heterocycles. The Morgan fingerprint density at radius 1 is 1.35 bits per heavy atom. The molecule has 17 heavy (non-hydrogen) atoms. The Hall–Kier alpha value is -0.740. The van der Waals surface area contributed by atoms with Crippen molar-refractivity contribution in [2.45, 2.75) is 32.1 Å². The Morgan fingerprint density at radius 3 is 2.59 bits per heavy atom. The summed E-state index contributed by atoms with van der Waals surface area (Å²) in [7, 11) is 0. The lowest BCUT2D eigenvalue weighted by molar-refractivity contribution is 0.194. The number of rotatable bonds is 6. The molecular weight excluding hydrogens is 239 g/mol. The molecule has 1 N–H and O–H groups in total. The second-order valence-electron chi connectivity index (χ2n) is 4.13. The minimum absolute atomic E-state index is 0.300. The second-order valence-corrected chi connectivity index (χ2v) is 5.81. The first-order chi connectivity index (χ1) is 8.00. The molecule has 0 amide bonds. The Bertz CT molecular complexity index is 353. The molecule has 0 saturated carbocycles. The number of halogens is 1. The zero-order valence-electron chi connectivity index (χ0n) is 10.4. The van der Waals surface area contributed by atoms with Gasteiger partial charge in [0.1, 0.15) is 11.6 Å². The molecule has 0 aliphatic heterocycles. The van der Waals surface area contributed by atoms with Crippen molar-refractivity contribution < 1.29 is 14.2 Å². The number of aliphatic hydroxyl groups excluding tert-OH is 1. The van der Waals surface area contributed by atoms with E-state index in [4.69, 9.17) is 4.74 Å². The third kappa shape index (κ3) is 4.96. The number of thioether (sulfide) groups is 1. The molecule has 0 spiro atoms. The fourth-order valence-electron chi connectivity index (χ4n) is 1.38. The normalized spacial score (nSPS) is 12.8. The van der Waals surface area contributed by atoms with Crippen LogP contribution in [-0.4, -0.2) is 22.7 Å². The van der Waals surface area contributed by atoms with Gasteiger partial charge in [-0.05, 0) is 24.3 Å². The summed E-state index contributed by atoms with van der Waals surface area (Å²) in [6, 6.07) is 4.57. The SMILES string of the molecule is CC(C)SCCOc1ccc([C@H](C)O)c(F)c1. The fraction of sp³-hybridized carbons (Fsp3) is 0.538. The molecule has 96 valence electrons. The first-order valence-corrected chi connectivity index (χ1v) is 6.77. The van der Waals surface area contributed by atoms with Gasteiger partial charge in [-0.1, -0.05) is 13.8 Å². The first kappa shape index (κ1) is 14.3. The van der Waals surface area contributed by atoms with E-state index in [9.17, 15) is 9.50 Å². The van der Waals surface area contributed by atoms with Crippen LogP contribution in [0.15, 0.2) is 18.2 Å². The average molecular weight is 258 g/mol. The third-order valence-corrected chi connectivity index (χ3v) is 3.29. The Morgan fingerprint density at radius 2 is 2.06 bits per heavy atom. The van der Waals surface area contributed by atoms with Gasteiger partial charge < -0.3 is 9.84 Å². The smallest absolute Gasteiger partial charge is 0.132 e. The van der Waals surface area contributed by atoms with Crippen LogP contribution < -0.4 is 4.74 Å². The van der Waals surface area contributed by atoms with Gasteiger partial charge in [0.05, 0.1) is 12.7 Å². The summed E-state index contributed by atoms with van der Waals surface area (Å²) in [5.74, 6) is 0.975. The molecule has 0 radical (unpaired) electrons. The third-order valence-electron chi connectivity index (χ3n) is 2.23. The molecule has 0 fully saturated rings. The standard InChI is InChI=1S/C13H19FO2S/c1-9(2)17-7-6-16-11-4-5-12(10(3)15)13(14)8-11/h4-5,8-10,15H,6-7H2,1-3H3/t10-/m0/s1. The van der Waals surface area contributed by atoms with E-state index < -0.39 is 11.9 Å². The van der Waals surface area contributed by atoms with Crippen molar-refractivity contribution in [1.82, 2.24) is 0 Å². The Kier molecular flexibility index (Phi) is 5.78. The van der Waals surface area contributed by atoms with Gasteiger partial charge in [-0.15, -0.1) is 0 Å². The van der Waals surface area contributed by atoms with Crippen LogP contribution in [-0.2, 0) is 0 Å². The Labute approximate surface area is 106 Å². The van der Waals surface area contributed by atoms with Crippen molar-refractivity contribution in [2.75, 3.05) is 12.4 Å². The summed E-state index contributed by atoms with van der Waals surface area (Å²) < 4.78 is 18.9. The molecule has 0 aliphatic rings. The summed E-state index contributed by atoms with van der Waals surface area (Å²) in [5.41, 5.74) is 0.300.